The first kappa shape index (κ1) is 13.1. The molecule has 0 radical (unpaired) electrons. The van der Waals surface area contributed by atoms with E-state index >= 15 is 0 Å². The van der Waals surface area contributed by atoms with Gasteiger partial charge in [0.15, 0.2) is 0 Å². The largest absolute Gasteiger partial charge is 0.488 e. The van der Waals surface area contributed by atoms with Crippen molar-refractivity contribution < 1.29 is 9.84 Å². The molecular weight excluding hydrogens is 292 g/mol. The van der Waals surface area contributed by atoms with Crippen LogP contribution < -0.4 is 4.74 Å². The number of hydrogen-bond acceptors (Lipinski definition) is 2. The summed E-state index contributed by atoms with van der Waals surface area (Å²) in [5, 5.41) is 9.70. The maximum absolute atomic E-state index is 9.70. The molecule has 18 heavy (non-hydrogen) atoms. The van der Waals surface area contributed by atoms with E-state index in [-0.39, 0.29) is 0 Å². The third-order valence-corrected chi connectivity index (χ3v) is 3.16. The van der Waals surface area contributed by atoms with Gasteiger partial charge in [-0.2, -0.15) is 0 Å². The summed E-state index contributed by atoms with van der Waals surface area (Å²) in [6.07, 6.45) is -0.538. The van der Waals surface area contributed by atoms with Gasteiger partial charge in [-0.25, -0.2) is 0 Å². The molecule has 94 valence electrons. The molecule has 0 bridgehead atoms. The van der Waals surface area contributed by atoms with Crippen molar-refractivity contribution in [1.29, 1.82) is 0 Å². The number of hydrogen-bond donors (Lipinski definition) is 1. The summed E-state index contributed by atoms with van der Waals surface area (Å²) in [4.78, 5) is 0. The van der Waals surface area contributed by atoms with E-state index in [1.165, 1.54) is 0 Å². The van der Waals surface area contributed by atoms with Gasteiger partial charge in [0.05, 0.1) is 6.10 Å². The smallest absolute Gasteiger partial charge is 0.126 e. The molecule has 1 atom stereocenters. The summed E-state index contributed by atoms with van der Waals surface area (Å²) in [6, 6.07) is 15.6. The van der Waals surface area contributed by atoms with Gasteiger partial charge in [-0.1, -0.05) is 52.3 Å². The van der Waals surface area contributed by atoms with Crippen LogP contribution in [0.3, 0.4) is 0 Å². The van der Waals surface area contributed by atoms with E-state index in [4.69, 9.17) is 4.74 Å². The Morgan fingerprint density at radius 3 is 2.56 bits per heavy atom. The Kier molecular flexibility index (Phi) is 4.39. The summed E-state index contributed by atoms with van der Waals surface area (Å²) < 4.78 is 6.72. The molecule has 0 saturated carbocycles. The normalized spacial score (nSPS) is 12.2. The van der Waals surface area contributed by atoms with Gasteiger partial charge in [0, 0.05) is 10.0 Å². The lowest BCUT2D eigenvalue weighted by atomic mass is 10.1. The third kappa shape index (κ3) is 3.34. The highest BCUT2D eigenvalue weighted by Crippen LogP contribution is 2.29. The number of aliphatic hydroxyl groups is 1. The van der Waals surface area contributed by atoms with Crippen molar-refractivity contribution in [2.75, 3.05) is 0 Å². The predicted molar refractivity (Wildman–Crippen MR) is 75.5 cm³/mol. The molecule has 1 N–H and O–H groups in total. The zero-order valence-corrected chi connectivity index (χ0v) is 11.7. The van der Waals surface area contributed by atoms with E-state index in [0.29, 0.717) is 12.4 Å². The van der Waals surface area contributed by atoms with Crippen LogP contribution in [0.1, 0.15) is 24.2 Å². The summed E-state index contributed by atoms with van der Waals surface area (Å²) >= 11 is 3.41. The number of halogens is 1. The Bertz CT molecular complexity index is 509. The van der Waals surface area contributed by atoms with E-state index in [1.54, 1.807) is 6.92 Å². The Hall–Kier alpha value is -1.32. The lowest BCUT2D eigenvalue weighted by molar-refractivity contribution is 0.190. The van der Waals surface area contributed by atoms with Gasteiger partial charge in [-0.05, 0) is 24.6 Å². The van der Waals surface area contributed by atoms with Crippen molar-refractivity contribution in [2.45, 2.75) is 19.6 Å². The minimum absolute atomic E-state index is 0.497. The molecule has 0 aromatic heterocycles. The predicted octanol–water partition coefficient (Wildman–Crippen LogP) is 4.08. The summed E-state index contributed by atoms with van der Waals surface area (Å²) in [5.41, 5.74) is 1.91. The maximum Gasteiger partial charge on any atom is 0.126 e. The van der Waals surface area contributed by atoms with E-state index < -0.39 is 6.10 Å². The molecule has 3 heteroatoms. The van der Waals surface area contributed by atoms with Crippen LogP contribution in [0.5, 0.6) is 5.75 Å². The molecule has 0 heterocycles. The topological polar surface area (TPSA) is 29.5 Å². The monoisotopic (exact) mass is 306 g/mol. The van der Waals surface area contributed by atoms with Crippen LogP contribution in [0.4, 0.5) is 0 Å². The number of ether oxygens (including phenoxy) is 1. The third-order valence-electron chi connectivity index (χ3n) is 2.66. The summed E-state index contributed by atoms with van der Waals surface area (Å²) in [5.74, 6) is 0.711. The molecule has 0 spiro atoms. The highest BCUT2D eigenvalue weighted by atomic mass is 79.9. The van der Waals surface area contributed by atoms with Crippen LogP contribution >= 0.6 is 15.9 Å². The Labute approximate surface area is 115 Å². The first-order chi connectivity index (χ1) is 8.66. The standard InChI is InChI=1S/C15H15BrO2/c1-11(17)14-8-7-13(16)9-15(14)18-10-12-5-3-2-4-6-12/h2-9,11,17H,10H2,1H3/t11-/m1/s1. The molecular formula is C15H15BrO2. The van der Waals surface area contributed by atoms with Gasteiger partial charge >= 0.3 is 0 Å². The Balaban J connectivity index is 2.15. The van der Waals surface area contributed by atoms with Crippen LogP contribution in [0, 0.1) is 0 Å². The van der Waals surface area contributed by atoms with Gasteiger partial charge in [0.25, 0.3) is 0 Å². The molecule has 0 fully saturated rings. The van der Waals surface area contributed by atoms with Gasteiger partial charge in [0.2, 0.25) is 0 Å². The van der Waals surface area contributed by atoms with Gasteiger partial charge in [-0.15, -0.1) is 0 Å². The van der Waals surface area contributed by atoms with Crippen molar-refractivity contribution in [3.63, 3.8) is 0 Å². The summed E-state index contributed by atoms with van der Waals surface area (Å²) in [7, 11) is 0. The second kappa shape index (κ2) is 6.03. The van der Waals surface area contributed by atoms with E-state index in [9.17, 15) is 5.11 Å². The van der Waals surface area contributed by atoms with Crippen LogP contribution in [0.2, 0.25) is 0 Å². The molecule has 2 nitrogen and oxygen atoms in total. The van der Waals surface area contributed by atoms with E-state index in [2.05, 4.69) is 15.9 Å². The van der Waals surface area contributed by atoms with Crippen LogP contribution in [0.25, 0.3) is 0 Å². The van der Waals surface area contributed by atoms with Gasteiger partial charge < -0.3 is 9.84 Å². The zero-order valence-electron chi connectivity index (χ0n) is 10.1. The Morgan fingerprint density at radius 1 is 1.17 bits per heavy atom. The van der Waals surface area contributed by atoms with E-state index in [0.717, 1.165) is 15.6 Å². The van der Waals surface area contributed by atoms with Crippen molar-refractivity contribution in [2.24, 2.45) is 0 Å². The molecule has 0 saturated heterocycles. The zero-order chi connectivity index (χ0) is 13.0. The SMILES string of the molecule is C[C@@H](O)c1ccc(Br)cc1OCc1ccccc1. The molecule has 0 unspecified atom stereocenters. The minimum atomic E-state index is -0.538. The van der Waals surface area contributed by atoms with Crippen LogP contribution in [-0.2, 0) is 6.61 Å². The maximum atomic E-state index is 9.70. The van der Waals surface area contributed by atoms with Crippen LogP contribution in [0.15, 0.2) is 53.0 Å². The molecule has 2 aromatic carbocycles. The first-order valence-electron chi connectivity index (χ1n) is 5.81. The Morgan fingerprint density at radius 2 is 1.89 bits per heavy atom. The first-order valence-corrected chi connectivity index (χ1v) is 6.60. The number of aliphatic hydroxyl groups excluding tert-OH is 1. The average Bonchev–Trinajstić information content (AvgIpc) is 2.37. The molecule has 0 aliphatic rings. The quantitative estimate of drug-likeness (QED) is 0.922. The van der Waals surface area contributed by atoms with Gasteiger partial charge in [0.1, 0.15) is 12.4 Å². The second-order valence-corrected chi connectivity index (χ2v) is 5.05. The summed E-state index contributed by atoms with van der Waals surface area (Å²) in [6.45, 7) is 2.23. The van der Waals surface area contributed by atoms with Crippen molar-refractivity contribution >= 4 is 15.9 Å². The molecule has 0 aliphatic carbocycles. The van der Waals surface area contributed by atoms with Crippen molar-refractivity contribution in [3.05, 3.63) is 64.1 Å². The van der Waals surface area contributed by atoms with Gasteiger partial charge in [-0.3, -0.25) is 0 Å². The second-order valence-electron chi connectivity index (χ2n) is 4.13. The fraction of sp³-hybridized carbons (Fsp3) is 0.200. The number of benzene rings is 2. The minimum Gasteiger partial charge on any atom is -0.488 e. The highest BCUT2D eigenvalue weighted by molar-refractivity contribution is 9.10. The van der Waals surface area contributed by atoms with Crippen molar-refractivity contribution in [1.82, 2.24) is 0 Å². The average molecular weight is 307 g/mol. The van der Waals surface area contributed by atoms with Crippen molar-refractivity contribution in [3.8, 4) is 5.75 Å². The van der Waals surface area contributed by atoms with Crippen LogP contribution in [-0.4, -0.2) is 5.11 Å². The number of rotatable bonds is 4. The molecule has 2 aromatic rings. The molecule has 0 aliphatic heterocycles. The highest BCUT2D eigenvalue weighted by Gasteiger charge is 2.09. The molecule has 2 rings (SSSR count). The lowest BCUT2D eigenvalue weighted by Gasteiger charge is -2.14. The molecule has 0 amide bonds. The fourth-order valence-corrected chi connectivity index (χ4v) is 2.05. The fourth-order valence-electron chi connectivity index (χ4n) is 1.71. The lowest BCUT2D eigenvalue weighted by Crippen LogP contribution is -2.00. The van der Waals surface area contributed by atoms with E-state index in [1.807, 2.05) is 48.5 Å².